The van der Waals surface area contributed by atoms with Crippen molar-refractivity contribution in [1.82, 2.24) is 9.13 Å². The number of hydrogen-bond acceptors (Lipinski definition) is 0. The number of nitrogens with zero attached hydrogens (tertiary/aromatic N) is 2. The Morgan fingerprint density at radius 1 is 0.421 bits per heavy atom. The first-order valence-electron chi connectivity index (χ1n) is 18.9. The lowest BCUT2D eigenvalue weighted by atomic mass is 10.1. The van der Waals surface area contributed by atoms with Crippen molar-refractivity contribution in [3.05, 3.63) is 145 Å². The zero-order valence-electron chi connectivity index (χ0n) is 33.7. The van der Waals surface area contributed by atoms with E-state index in [0.717, 1.165) is 0 Å². The van der Waals surface area contributed by atoms with Gasteiger partial charge < -0.3 is 9.13 Å². The van der Waals surface area contributed by atoms with Crippen molar-refractivity contribution in [2.24, 2.45) is 0 Å². The lowest BCUT2D eigenvalue weighted by molar-refractivity contribution is 1.17. The molecule has 6 aromatic carbocycles. The second-order valence-corrected chi connectivity index (χ2v) is 8.76. The number of aromatic nitrogens is 2. The van der Waals surface area contributed by atoms with E-state index in [1.165, 1.54) is 0 Å². The molecular formula is C36H24N2. The van der Waals surface area contributed by atoms with E-state index in [1.54, 1.807) is 51.6 Å². The SMILES string of the molecule is [2H]c1c([2H])c([2H])c(-c2c([2H])c([2H])c(-n3c4ccccc4c4ccc5c(c6ccccc6n5-c5c([2H])c([2H])c([2H])c([2H])c5[2H])c43)c([2H])c2[2H])c([2H])c1[2H]. The summed E-state index contributed by atoms with van der Waals surface area (Å²) in [5.41, 5.74) is 0.897. The van der Waals surface area contributed by atoms with Gasteiger partial charge in [0.05, 0.1) is 41.3 Å². The normalized spacial score (nSPS) is 16.8. The van der Waals surface area contributed by atoms with E-state index >= 15 is 0 Å². The fourth-order valence-electron chi connectivity index (χ4n) is 5.25. The van der Waals surface area contributed by atoms with Crippen molar-refractivity contribution >= 4 is 43.6 Å². The van der Waals surface area contributed by atoms with E-state index in [4.69, 9.17) is 16.4 Å². The predicted molar refractivity (Wildman–Crippen MR) is 161 cm³/mol. The van der Waals surface area contributed by atoms with Crippen LogP contribution in [-0.2, 0) is 0 Å². The summed E-state index contributed by atoms with van der Waals surface area (Å²) in [6.07, 6.45) is 0. The van der Waals surface area contributed by atoms with E-state index < -0.39 is 95.7 Å². The Balaban J connectivity index is 1.57. The average molecular weight is 499 g/mol. The van der Waals surface area contributed by atoms with Crippen molar-refractivity contribution in [2.45, 2.75) is 0 Å². The lowest BCUT2D eigenvalue weighted by Crippen LogP contribution is -1.95. The van der Waals surface area contributed by atoms with Crippen LogP contribution in [0.3, 0.4) is 0 Å². The summed E-state index contributed by atoms with van der Waals surface area (Å²) in [5.74, 6) is 0. The number of hydrogen-bond donors (Lipinski definition) is 0. The van der Waals surface area contributed by atoms with Gasteiger partial charge in [0.15, 0.2) is 0 Å². The van der Waals surface area contributed by atoms with Crippen molar-refractivity contribution in [1.29, 1.82) is 0 Å². The summed E-state index contributed by atoms with van der Waals surface area (Å²) >= 11 is 0. The standard InChI is InChI=1S/C36H24N2/c1-3-11-25(12-4-1)26-19-21-28(22-20-26)38-32-17-9-7-15-29(32)30-23-24-34-35(36(30)38)31-16-8-10-18-33(31)37(34)27-13-5-2-6-14-27/h1-24H/i1D,2D,3D,4D,5D,6D,11D,12D,13D,14D,19D,20D,21D,22D. The Morgan fingerprint density at radius 3 is 1.74 bits per heavy atom. The third-order valence-electron chi connectivity index (χ3n) is 6.77. The molecule has 0 saturated carbocycles. The number of para-hydroxylation sites is 3. The molecule has 0 N–H and O–H groups in total. The molecule has 0 atom stereocenters. The van der Waals surface area contributed by atoms with Crippen LogP contribution in [0, 0.1) is 0 Å². The van der Waals surface area contributed by atoms with Gasteiger partial charge in [-0.2, -0.15) is 0 Å². The topological polar surface area (TPSA) is 9.86 Å². The largest absolute Gasteiger partial charge is 0.309 e. The van der Waals surface area contributed by atoms with Gasteiger partial charge in [-0.05, 0) is 53.5 Å². The molecule has 0 radical (unpaired) electrons. The Labute approximate surface area is 240 Å². The third-order valence-corrected chi connectivity index (χ3v) is 6.77. The van der Waals surface area contributed by atoms with Crippen LogP contribution >= 0.6 is 0 Å². The predicted octanol–water partition coefficient (Wildman–Crippen LogP) is 9.55. The van der Waals surface area contributed by atoms with Gasteiger partial charge in [-0.1, -0.05) is 103 Å². The van der Waals surface area contributed by atoms with Crippen molar-refractivity contribution in [3.63, 3.8) is 0 Å². The van der Waals surface area contributed by atoms with Crippen LogP contribution in [0.5, 0.6) is 0 Å². The maximum absolute atomic E-state index is 9.30. The minimum atomic E-state index is -0.669. The molecule has 2 aromatic heterocycles. The Bertz CT molecular complexity index is 2820. The van der Waals surface area contributed by atoms with Gasteiger partial charge in [-0.15, -0.1) is 0 Å². The highest BCUT2D eigenvalue weighted by Gasteiger charge is 2.20. The van der Waals surface area contributed by atoms with E-state index in [-0.39, 0.29) is 11.4 Å². The van der Waals surface area contributed by atoms with Gasteiger partial charge in [0, 0.05) is 32.9 Å². The lowest BCUT2D eigenvalue weighted by Gasteiger charge is -2.11. The molecule has 0 amide bonds. The van der Waals surface area contributed by atoms with E-state index in [9.17, 15) is 2.74 Å². The summed E-state index contributed by atoms with van der Waals surface area (Å²) in [5, 5.41) is 2.58. The smallest absolute Gasteiger partial charge is 0.0645 e. The fraction of sp³-hybridized carbons (Fsp3) is 0. The molecule has 0 aliphatic carbocycles. The first-order chi connectivity index (χ1) is 24.7. The molecule has 0 spiro atoms. The summed E-state index contributed by atoms with van der Waals surface area (Å²) in [6.45, 7) is 0. The fourth-order valence-corrected chi connectivity index (χ4v) is 5.25. The Morgan fingerprint density at radius 2 is 1.00 bits per heavy atom. The van der Waals surface area contributed by atoms with E-state index in [2.05, 4.69) is 0 Å². The quantitative estimate of drug-likeness (QED) is 0.229. The zero-order valence-corrected chi connectivity index (χ0v) is 19.7. The molecule has 178 valence electrons. The first-order valence-corrected chi connectivity index (χ1v) is 11.9. The summed E-state index contributed by atoms with van der Waals surface area (Å²) in [6, 6.07) is 10.1. The highest BCUT2D eigenvalue weighted by molar-refractivity contribution is 6.26. The van der Waals surface area contributed by atoms with Crippen LogP contribution in [0.25, 0.3) is 66.1 Å². The molecule has 8 aromatic rings. The number of fused-ring (bicyclic) bond motifs is 7. The molecule has 2 heterocycles. The van der Waals surface area contributed by atoms with Crippen LogP contribution < -0.4 is 0 Å². The van der Waals surface area contributed by atoms with Crippen LogP contribution in [0.15, 0.2) is 145 Å². The molecule has 2 nitrogen and oxygen atoms in total. The number of rotatable bonds is 3. The van der Waals surface area contributed by atoms with Crippen LogP contribution in [-0.4, -0.2) is 9.13 Å². The molecule has 0 unspecified atom stereocenters. The van der Waals surface area contributed by atoms with Crippen LogP contribution in [0.4, 0.5) is 0 Å². The maximum Gasteiger partial charge on any atom is 0.0645 e. The second-order valence-electron chi connectivity index (χ2n) is 8.76. The molecule has 0 aliphatic heterocycles. The zero-order chi connectivity index (χ0) is 37.2. The second kappa shape index (κ2) is 8.22. The van der Waals surface area contributed by atoms with Gasteiger partial charge in [0.25, 0.3) is 0 Å². The van der Waals surface area contributed by atoms with Gasteiger partial charge in [0.1, 0.15) is 0 Å². The van der Waals surface area contributed by atoms with Crippen LogP contribution in [0.1, 0.15) is 19.2 Å². The van der Waals surface area contributed by atoms with Gasteiger partial charge in [-0.3, -0.25) is 0 Å². The molecule has 0 saturated heterocycles. The molecule has 0 aliphatic rings. The highest BCUT2D eigenvalue weighted by Crippen LogP contribution is 2.41. The average Bonchev–Trinajstić information content (AvgIpc) is 3.65. The molecule has 8 rings (SSSR count). The first kappa shape index (κ1) is 11.5. The van der Waals surface area contributed by atoms with E-state index in [0.29, 0.717) is 43.6 Å². The van der Waals surface area contributed by atoms with Gasteiger partial charge >= 0.3 is 0 Å². The molecule has 38 heavy (non-hydrogen) atoms. The highest BCUT2D eigenvalue weighted by atomic mass is 15.0. The minimum absolute atomic E-state index is 0.0635. The molecule has 2 heteroatoms. The van der Waals surface area contributed by atoms with Crippen molar-refractivity contribution < 1.29 is 19.2 Å². The summed E-state index contributed by atoms with van der Waals surface area (Å²) in [7, 11) is 0. The molecule has 0 bridgehead atoms. The molecular weight excluding hydrogens is 460 g/mol. The summed E-state index contributed by atoms with van der Waals surface area (Å²) < 4.78 is 124. The minimum Gasteiger partial charge on any atom is -0.309 e. The van der Waals surface area contributed by atoms with E-state index in [1.807, 2.05) is 18.2 Å². The van der Waals surface area contributed by atoms with Crippen molar-refractivity contribution in [2.75, 3.05) is 0 Å². The third kappa shape index (κ3) is 3.01. The monoisotopic (exact) mass is 498 g/mol. The van der Waals surface area contributed by atoms with Gasteiger partial charge in [-0.25, -0.2) is 0 Å². The van der Waals surface area contributed by atoms with Crippen LogP contribution in [0.2, 0.25) is 0 Å². The maximum atomic E-state index is 9.30. The Hall–Kier alpha value is -5.08. The Kier molecular flexibility index (Phi) is 2.50. The number of benzene rings is 6. The van der Waals surface area contributed by atoms with Gasteiger partial charge in [0.2, 0.25) is 0 Å². The molecule has 0 fully saturated rings. The van der Waals surface area contributed by atoms with Crippen molar-refractivity contribution in [3.8, 4) is 22.5 Å². The summed E-state index contributed by atoms with van der Waals surface area (Å²) in [4.78, 5) is 0.